The van der Waals surface area contributed by atoms with Crippen LogP contribution in [0.4, 0.5) is 5.82 Å². The maximum atomic E-state index is 12.0. The Kier molecular flexibility index (Phi) is 3.74. The molecule has 2 heterocycles. The van der Waals surface area contributed by atoms with Crippen LogP contribution in [-0.2, 0) is 18.4 Å². The van der Waals surface area contributed by atoms with Crippen molar-refractivity contribution < 1.29 is 4.79 Å². The highest BCUT2D eigenvalue weighted by atomic mass is 16.2. The molecule has 0 aliphatic rings. The number of anilines is 1. The highest BCUT2D eigenvalue weighted by Crippen LogP contribution is 2.20. The van der Waals surface area contributed by atoms with E-state index in [0.29, 0.717) is 5.82 Å². The number of carbonyl (C=O) groups is 1. The predicted octanol–water partition coefficient (Wildman–Crippen LogP) is 2.23. The first-order valence-electron chi connectivity index (χ1n) is 7.01. The fourth-order valence-electron chi connectivity index (χ4n) is 2.28. The van der Waals surface area contributed by atoms with Crippen molar-refractivity contribution in [2.75, 3.05) is 5.32 Å². The Bertz CT molecular complexity index is 802. The molecule has 0 saturated heterocycles. The third-order valence-electron chi connectivity index (χ3n) is 3.46. The minimum Gasteiger partial charge on any atom is -0.309 e. The van der Waals surface area contributed by atoms with E-state index < -0.39 is 0 Å². The molecule has 112 valence electrons. The van der Waals surface area contributed by atoms with Gasteiger partial charge in [0.1, 0.15) is 12.4 Å². The number of nitrogens with zero attached hydrogens (tertiary/aromatic N) is 4. The van der Waals surface area contributed by atoms with Gasteiger partial charge in [0, 0.05) is 24.9 Å². The highest BCUT2D eigenvalue weighted by Gasteiger charge is 2.09. The van der Waals surface area contributed by atoms with Crippen LogP contribution in [0.25, 0.3) is 11.3 Å². The van der Waals surface area contributed by atoms with Crippen molar-refractivity contribution in [2.24, 2.45) is 7.05 Å². The number of hydrogen-bond donors (Lipinski definition) is 1. The van der Waals surface area contributed by atoms with Crippen molar-refractivity contribution >= 4 is 11.7 Å². The van der Waals surface area contributed by atoms with E-state index in [1.807, 2.05) is 43.5 Å². The molecule has 1 amide bonds. The molecule has 1 N–H and O–H groups in total. The second-order valence-electron chi connectivity index (χ2n) is 5.10. The number of nitrogens with one attached hydrogen (secondary N) is 1. The lowest BCUT2D eigenvalue weighted by atomic mass is 10.1. The number of hydrogen-bond acceptors (Lipinski definition) is 3. The highest BCUT2D eigenvalue weighted by molar-refractivity contribution is 5.89. The lowest BCUT2D eigenvalue weighted by Crippen LogP contribution is -2.20. The topological polar surface area (TPSA) is 64.7 Å². The van der Waals surface area contributed by atoms with Crippen LogP contribution in [0.1, 0.15) is 5.56 Å². The van der Waals surface area contributed by atoms with E-state index in [9.17, 15) is 4.79 Å². The summed E-state index contributed by atoms with van der Waals surface area (Å²) < 4.78 is 3.24. The lowest BCUT2D eigenvalue weighted by Gasteiger charge is -2.05. The summed E-state index contributed by atoms with van der Waals surface area (Å²) in [5, 5.41) is 11.3. The molecular weight excluding hydrogens is 278 g/mol. The van der Waals surface area contributed by atoms with Gasteiger partial charge in [0.25, 0.3) is 0 Å². The summed E-state index contributed by atoms with van der Waals surface area (Å²) in [4.78, 5) is 12.0. The van der Waals surface area contributed by atoms with E-state index in [0.717, 1.165) is 16.8 Å². The standard InChI is InChI=1S/C16H17N5O/c1-12-5-3-4-6-13(12)14-8-10-21(19-14)11-16(22)18-15-7-9-17-20(15)2/h3-10H,11H2,1-2H3,(H,18,22). The Morgan fingerprint density at radius 3 is 2.77 bits per heavy atom. The van der Waals surface area contributed by atoms with Crippen LogP contribution in [0, 0.1) is 6.92 Å². The fourth-order valence-corrected chi connectivity index (χ4v) is 2.28. The molecule has 0 unspecified atom stereocenters. The molecule has 0 aliphatic carbocycles. The molecule has 0 fully saturated rings. The van der Waals surface area contributed by atoms with Crippen LogP contribution in [-0.4, -0.2) is 25.5 Å². The maximum absolute atomic E-state index is 12.0. The largest absolute Gasteiger partial charge is 0.309 e. The van der Waals surface area contributed by atoms with Gasteiger partial charge in [-0.05, 0) is 18.6 Å². The summed E-state index contributed by atoms with van der Waals surface area (Å²) in [6, 6.07) is 11.7. The van der Waals surface area contributed by atoms with E-state index >= 15 is 0 Å². The van der Waals surface area contributed by atoms with Crippen molar-refractivity contribution in [2.45, 2.75) is 13.5 Å². The van der Waals surface area contributed by atoms with Crippen molar-refractivity contribution in [3.63, 3.8) is 0 Å². The number of carbonyl (C=O) groups excluding carboxylic acids is 1. The van der Waals surface area contributed by atoms with Crippen LogP contribution < -0.4 is 5.32 Å². The zero-order valence-corrected chi connectivity index (χ0v) is 12.5. The van der Waals surface area contributed by atoms with Gasteiger partial charge in [0.15, 0.2) is 0 Å². The van der Waals surface area contributed by atoms with Crippen molar-refractivity contribution in [3.05, 3.63) is 54.4 Å². The minimum atomic E-state index is -0.136. The van der Waals surface area contributed by atoms with Crippen LogP contribution in [0.2, 0.25) is 0 Å². The number of amides is 1. The molecule has 6 heteroatoms. The zero-order valence-electron chi connectivity index (χ0n) is 12.5. The molecule has 0 bridgehead atoms. The zero-order chi connectivity index (χ0) is 15.5. The molecule has 22 heavy (non-hydrogen) atoms. The number of rotatable bonds is 4. The maximum Gasteiger partial charge on any atom is 0.247 e. The molecule has 6 nitrogen and oxygen atoms in total. The first kappa shape index (κ1) is 14.1. The summed E-state index contributed by atoms with van der Waals surface area (Å²) in [5.41, 5.74) is 3.10. The SMILES string of the molecule is Cc1ccccc1-c1ccn(CC(=O)Nc2ccnn2C)n1. The summed E-state index contributed by atoms with van der Waals surface area (Å²) >= 11 is 0. The van der Waals surface area contributed by atoms with Gasteiger partial charge in [-0.3, -0.25) is 14.2 Å². The van der Waals surface area contributed by atoms with Crippen LogP contribution >= 0.6 is 0 Å². The average Bonchev–Trinajstić information content (AvgIpc) is 3.10. The van der Waals surface area contributed by atoms with E-state index in [1.165, 1.54) is 0 Å². The van der Waals surface area contributed by atoms with Gasteiger partial charge in [-0.25, -0.2) is 0 Å². The Morgan fingerprint density at radius 2 is 2.05 bits per heavy atom. The van der Waals surface area contributed by atoms with E-state index in [1.54, 1.807) is 28.7 Å². The Morgan fingerprint density at radius 1 is 1.23 bits per heavy atom. The quantitative estimate of drug-likeness (QED) is 0.802. The smallest absolute Gasteiger partial charge is 0.247 e. The molecule has 2 aromatic heterocycles. The monoisotopic (exact) mass is 295 g/mol. The molecule has 0 saturated carbocycles. The third-order valence-corrected chi connectivity index (χ3v) is 3.46. The summed E-state index contributed by atoms with van der Waals surface area (Å²) in [6.45, 7) is 2.21. The molecule has 3 rings (SSSR count). The minimum absolute atomic E-state index is 0.136. The predicted molar refractivity (Wildman–Crippen MR) is 84.2 cm³/mol. The fraction of sp³-hybridized carbons (Fsp3) is 0.188. The Balaban J connectivity index is 1.71. The van der Waals surface area contributed by atoms with Crippen LogP contribution in [0.3, 0.4) is 0 Å². The van der Waals surface area contributed by atoms with Gasteiger partial charge in [-0.1, -0.05) is 24.3 Å². The van der Waals surface area contributed by atoms with E-state index in [2.05, 4.69) is 15.5 Å². The van der Waals surface area contributed by atoms with Gasteiger partial charge >= 0.3 is 0 Å². The summed E-state index contributed by atoms with van der Waals surface area (Å²) in [5.74, 6) is 0.527. The number of aryl methyl sites for hydroxylation is 2. The first-order chi connectivity index (χ1) is 10.6. The van der Waals surface area contributed by atoms with Gasteiger partial charge in [0.2, 0.25) is 5.91 Å². The van der Waals surface area contributed by atoms with E-state index in [4.69, 9.17) is 0 Å². The van der Waals surface area contributed by atoms with Gasteiger partial charge in [-0.15, -0.1) is 0 Å². The third kappa shape index (κ3) is 2.90. The number of benzene rings is 1. The second kappa shape index (κ2) is 5.85. The summed E-state index contributed by atoms with van der Waals surface area (Å²) in [6.07, 6.45) is 3.45. The van der Waals surface area contributed by atoms with Crippen molar-refractivity contribution in [1.29, 1.82) is 0 Å². The molecule has 1 aromatic carbocycles. The number of aromatic nitrogens is 4. The van der Waals surface area contributed by atoms with Crippen LogP contribution in [0.5, 0.6) is 0 Å². The molecular formula is C16H17N5O. The van der Waals surface area contributed by atoms with Crippen molar-refractivity contribution in [3.8, 4) is 11.3 Å². The Hall–Kier alpha value is -2.89. The van der Waals surface area contributed by atoms with Gasteiger partial charge < -0.3 is 5.32 Å². The van der Waals surface area contributed by atoms with Crippen molar-refractivity contribution in [1.82, 2.24) is 19.6 Å². The molecule has 0 aliphatic heterocycles. The van der Waals surface area contributed by atoms with Crippen LogP contribution in [0.15, 0.2) is 48.8 Å². The lowest BCUT2D eigenvalue weighted by molar-refractivity contribution is -0.116. The first-order valence-corrected chi connectivity index (χ1v) is 7.01. The summed E-state index contributed by atoms with van der Waals surface area (Å²) in [7, 11) is 1.78. The Labute approximate surface area is 128 Å². The average molecular weight is 295 g/mol. The van der Waals surface area contributed by atoms with E-state index in [-0.39, 0.29) is 12.5 Å². The molecule has 0 spiro atoms. The molecule has 0 radical (unpaired) electrons. The van der Waals surface area contributed by atoms with Gasteiger partial charge in [-0.2, -0.15) is 10.2 Å². The molecule has 3 aromatic rings. The van der Waals surface area contributed by atoms with Gasteiger partial charge in [0.05, 0.1) is 11.9 Å². The second-order valence-corrected chi connectivity index (χ2v) is 5.10. The normalized spacial score (nSPS) is 10.6. The molecule has 0 atom stereocenters.